The Labute approximate surface area is 105 Å². The Morgan fingerprint density at radius 2 is 1.67 bits per heavy atom. The summed E-state index contributed by atoms with van der Waals surface area (Å²) in [5, 5.41) is 0. The lowest BCUT2D eigenvalue weighted by atomic mass is 9.72. The normalized spacial score (nSPS) is 27.8. The molecule has 0 aromatic carbocycles. The van der Waals surface area contributed by atoms with Gasteiger partial charge in [0.2, 0.25) is 0 Å². The molecule has 0 bridgehead atoms. The minimum Gasteiger partial charge on any atom is -0.381 e. The lowest BCUT2D eigenvalue weighted by molar-refractivity contribution is -0.0920. The van der Waals surface area contributed by atoms with Crippen LogP contribution in [0, 0.1) is 5.41 Å². The third-order valence-electron chi connectivity index (χ3n) is 3.80. The van der Waals surface area contributed by atoms with Gasteiger partial charge >= 0.3 is 6.18 Å². The van der Waals surface area contributed by atoms with E-state index in [1.54, 1.807) is 20.3 Å². The van der Waals surface area contributed by atoms with Gasteiger partial charge in [0.05, 0.1) is 17.8 Å². The van der Waals surface area contributed by atoms with Crippen LogP contribution < -0.4 is 0 Å². The molecule has 0 saturated heterocycles. The summed E-state index contributed by atoms with van der Waals surface area (Å²) >= 11 is 0. The van der Waals surface area contributed by atoms with Crippen LogP contribution >= 0.6 is 0 Å². The van der Waals surface area contributed by atoms with Gasteiger partial charge in [0, 0.05) is 19.6 Å². The van der Waals surface area contributed by atoms with Crippen LogP contribution in [0.25, 0.3) is 0 Å². The van der Waals surface area contributed by atoms with E-state index in [2.05, 4.69) is 0 Å². The van der Waals surface area contributed by atoms with Crippen molar-refractivity contribution >= 4 is 0 Å². The Morgan fingerprint density at radius 3 is 1.94 bits per heavy atom. The molecule has 2 nitrogen and oxygen atoms in total. The molecule has 104 valence electrons. The average molecular weight is 264 g/mol. The first-order valence-corrected chi connectivity index (χ1v) is 5.80. The zero-order valence-electron chi connectivity index (χ0n) is 11.0. The summed E-state index contributed by atoms with van der Waals surface area (Å²) < 4.78 is 48.3. The summed E-state index contributed by atoms with van der Waals surface area (Å²) in [7, 11) is 3.09. The fraction of sp³-hybridized carbons (Fsp3) is 0.692. The van der Waals surface area contributed by atoms with Gasteiger partial charge in [-0.25, -0.2) is 0 Å². The van der Waals surface area contributed by atoms with Gasteiger partial charge in [0.25, 0.3) is 0 Å². The van der Waals surface area contributed by atoms with Gasteiger partial charge in [0.15, 0.2) is 0 Å². The van der Waals surface area contributed by atoms with Crippen molar-refractivity contribution in [3.8, 4) is 0 Å². The predicted molar refractivity (Wildman–Crippen MR) is 63.3 cm³/mol. The monoisotopic (exact) mass is 264 g/mol. The first kappa shape index (κ1) is 15.2. The lowest BCUT2D eigenvalue weighted by Gasteiger charge is -2.41. The maximum absolute atomic E-state index is 12.6. The number of halogens is 3. The van der Waals surface area contributed by atoms with Gasteiger partial charge in [-0.2, -0.15) is 13.2 Å². The van der Waals surface area contributed by atoms with Crippen LogP contribution in [0.5, 0.6) is 0 Å². The van der Waals surface area contributed by atoms with Crippen molar-refractivity contribution in [3.63, 3.8) is 0 Å². The van der Waals surface area contributed by atoms with Crippen molar-refractivity contribution in [3.05, 3.63) is 23.8 Å². The number of rotatable bonds is 4. The van der Waals surface area contributed by atoms with E-state index < -0.39 is 17.2 Å². The zero-order valence-corrected chi connectivity index (χ0v) is 11.0. The quantitative estimate of drug-likeness (QED) is 0.773. The molecule has 0 amide bonds. The molecule has 0 fully saturated rings. The van der Waals surface area contributed by atoms with Crippen LogP contribution in [0.15, 0.2) is 23.8 Å². The first-order valence-electron chi connectivity index (χ1n) is 5.80. The minimum absolute atomic E-state index is 0.227. The third-order valence-corrected chi connectivity index (χ3v) is 3.80. The summed E-state index contributed by atoms with van der Waals surface area (Å²) in [6, 6.07) is 0. The average Bonchev–Trinajstić information content (AvgIpc) is 2.35. The molecule has 0 aliphatic heterocycles. The second-order valence-electron chi connectivity index (χ2n) is 4.56. The molecule has 0 radical (unpaired) electrons. The van der Waals surface area contributed by atoms with Crippen LogP contribution in [-0.4, -0.2) is 32.6 Å². The molecular formula is C13H19F3O2. The van der Waals surface area contributed by atoms with E-state index in [0.717, 1.165) is 6.08 Å². The van der Waals surface area contributed by atoms with Crippen molar-refractivity contribution < 1.29 is 22.6 Å². The fourth-order valence-electron chi connectivity index (χ4n) is 2.25. The van der Waals surface area contributed by atoms with Gasteiger partial charge in [0.1, 0.15) is 0 Å². The molecule has 0 aromatic heterocycles. The summed E-state index contributed by atoms with van der Waals surface area (Å²) in [6.07, 6.45) is -0.598. The van der Waals surface area contributed by atoms with E-state index in [9.17, 15) is 13.2 Å². The fourth-order valence-corrected chi connectivity index (χ4v) is 2.25. The topological polar surface area (TPSA) is 18.5 Å². The Kier molecular flexibility index (Phi) is 4.61. The highest BCUT2D eigenvalue weighted by molar-refractivity contribution is 5.32. The molecule has 18 heavy (non-hydrogen) atoms. The van der Waals surface area contributed by atoms with Gasteiger partial charge in [-0.15, -0.1) is 0 Å². The van der Waals surface area contributed by atoms with Crippen LogP contribution in [0.2, 0.25) is 0 Å². The van der Waals surface area contributed by atoms with Crippen molar-refractivity contribution in [2.75, 3.05) is 14.2 Å². The Balaban J connectivity index is 3.01. The summed E-state index contributed by atoms with van der Waals surface area (Å²) in [5.41, 5.74) is -1.16. The Hall–Kier alpha value is -0.810. The van der Waals surface area contributed by atoms with Gasteiger partial charge in [-0.3, -0.25) is 0 Å². The second-order valence-corrected chi connectivity index (χ2v) is 4.56. The number of methoxy groups -OCH3 is 2. The lowest BCUT2D eigenvalue weighted by Crippen LogP contribution is -2.43. The Bertz CT molecular complexity index is 335. The minimum atomic E-state index is -4.30. The molecule has 1 aliphatic carbocycles. The zero-order chi connectivity index (χ0) is 14.0. The molecule has 0 heterocycles. The van der Waals surface area contributed by atoms with Crippen LogP contribution in [-0.2, 0) is 9.47 Å². The second kappa shape index (κ2) is 5.45. The Morgan fingerprint density at radius 1 is 1.17 bits per heavy atom. The number of ether oxygens (including phenoxy) is 2. The molecular weight excluding hydrogens is 245 g/mol. The largest absolute Gasteiger partial charge is 0.416 e. The van der Waals surface area contributed by atoms with Crippen molar-refractivity contribution in [2.24, 2.45) is 5.41 Å². The highest BCUT2D eigenvalue weighted by atomic mass is 19.4. The van der Waals surface area contributed by atoms with Crippen LogP contribution in [0.1, 0.15) is 20.3 Å². The van der Waals surface area contributed by atoms with E-state index in [1.165, 1.54) is 6.08 Å². The molecule has 0 saturated carbocycles. The molecule has 0 spiro atoms. The molecule has 2 atom stereocenters. The number of hydrogen-bond donors (Lipinski definition) is 0. The molecule has 5 heteroatoms. The van der Waals surface area contributed by atoms with E-state index in [0.29, 0.717) is 0 Å². The van der Waals surface area contributed by atoms with E-state index >= 15 is 0 Å². The molecule has 1 rings (SSSR count). The standard InChI is InChI=1S/C13H19F3O2/c1-9(17-3)12(10(2)18-4)7-5-11(6-8-12)13(14,15)16/h5-7,9-10H,8H2,1-4H3. The summed E-state index contributed by atoms with van der Waals surface area (Å²) in [4.78, 5) is 0. The van der Waals surface area contributed by atoms with Gasteiger partial charge < -0.3 is 9.47 Å². The third kappa shape index (κ3) is 2.78. The first-order chi connectivity index (χ1) is 8.28. The van der Waals surface area contributed by atoms with E-state index in [1.807, 2.05) is 13.8 Å². The van der Waals surface area contributed by atoms with Crippen molar-refractivity contribution in [2.45, 2.75) is 38.7 Å². The van der Waals surface area contributed by atoms with E-state index in [4.69, 9.17) is 9.47 Å². The molecule has 1 aliphatic rings. The SMILES string of the molecule is COC(C)C1(C(C)OC)C=CC(C(F)(F)F)=CC1. The van der Waals surface area contributed by atoms with Gasteiger partial charge in [-0.1, -0.05) is 18.2 Å². The maximum atomic E-state index is 12.6. The number of hydrogen-bond acceptors (Lipinski definition) is 2. The predicted octanol–water partition coefficient (Wildman–Crippen LogP) is 3.49. The smallest absolute Gasteiger partial charge is 0.381 e. The van der Waals surface area contributed by atoms with E-state index in [-0.39, 0.29) is 18.6 Å². The van der Waals surface area contributed by atoms with Crippen LogP contribution in [0.3, 0.4) is 0 Å². The molecule has 0 aromatic rings. The van der Waals surface area contributed by atoms with Crippen molar-refractivity contribution in [1.82, 2.24) is 0 Å². The van der Waals surface area contributed by atoms with Gasteiger partial charge in [-0.05, 0) is 20.3 Å². The number of allylic oxidation sites excluding steroid dienone is 3. The molecule has 2 unspecified atom stereocenters. The highest BCUT2D eigenvalue weighted by Gasteiger charge is 2.43. The number of alkyl halides is 3. The molecule has 0 N–H and O–H groups in total. The highest BCUT2D eigenvalue weighted by Crippen LogP contribution is 2.42. The van der Waals surface area contributed by atoms with Crippen LogP contribution in [0.4, 0.5) is 13.2 Å². The van der Waals surface area contributed by atoms with Crippen molar-refractivity contribution in [1.29, 1.82) is 0 Å². The summed E-state index contributed by atoms with van der Waals surface area (Å²) in [6.45, 7) is 3.68. The summed E-state index contributed by atoms with van der Waals surface area (Å²) in [5.74, 6) is 0. The maximum Gasteiger partial charge on any atom is 0.416 e.